The predicted octanol–water partition coefficient (Wildman–Crippen LogP) is -0.352. The van der Waals surface area contributed by atoms with E-state index in [9.17, 15) is 24.3 Å². The van der Waals surface area contributed by atoms with Crippen LogP contribution in [0.3, 0.4) is 0 Å². The minimum absolute atomic E-state index is 0.0845. The summed E-state index contributed by atoms with van der Waals surface area (Å²) in [6, 6.07) is 3.91. The average Bonchev–Trinajstić information content (AvgIpc) is 2.88. The van der Waals surface area contributed by atoms with E-state index in [1.165, 1.54) is 19.3 Å². The van der Waals surface area contributed by atoms with Crippen LogP contribution in [0.1, 0.15) is 25.8 Å². The van der Waals surface area contributed by atoms with E-state index in [0.29, 0.717) is 5.75 Å². The van der Waals surface area contributed by atoms with Gasteiger partial charge in [-0.05, 0) is 23.6 Å². The summed E-state index contributed by atoms with van der Waals surface area (Å²) in [4.78, 5) is 50.0. The van der Waals surface area contributed by atoms with Gasteiger partial charge in [-0.2, -0.15) is 0 Å². The minimum Gasteiger partial charge on any atom is -0.497 e. The lowest BCUT2D eigenvalue weighted by Crippen LogP contribution is -2.56. The highest BCUT2D eigenvalue weighted by molar-refractivity contribution is 5.97. The van der Waals surface area contributed by atoms with Crippen LogP contribution in [-0.4, -0.2) is 72.9 Å². The average molecular weight is 532 g/mol. The van der Waals surface area contributed by atoms with E-state index >= 15 is 0 Å². The second-order valence-corrected chi connectivity index (χ2v) is 9.28. The van der Waals surface area contributed by atoms with Crippen molar-refractivity contribution in [3.8, 4) is 5.75 Å². The van der Waals surface area contributed by atoms with Crippen LogP contribution in [-0.2, 0) is 25.5 Å². The second-order valence-electron chi connectivity index (χ2n) is 9.28. The maximum atomic E-state index is 13.2. The Labute approximate surface area is 221 Å². The van der Waals surface area contributed by atoms with Crippen LogP contribution in [0.4, 0.5) is 4.79 Å². The van der Waals surface area contributed by atoms with E-state index in [-0.39, 0.29) is 30.9 Å². The molecule has 12 heteroatoms. The summed E-state index contributed by atoms with van der Waals surface area (Å²) in [6.07, 6.45) is -0.637. The molecule has 8 N–H and O–H groups in total. The van der Waals surface area contributed by atoms with Gasteiger partial charge in [-0.25, -0.2) is 4.79 Å². The number of nitrogens with two attached hydrogens (primary N) is 2. The van der Waals surface area contributed by atoms with Gasteiger partial charge >= 0.3 is 6.09 Å². The van der Waals surface area contributed by atoms with E-state index in [4.69, 9.17) is 20.9 Å². The van der Waals surface area contributed by atoms with Crippen LogP contribution in [0.25, 0.3) is 0 Å². The third kappa shape index (κ3) is 8.60. The quantitative estimate of drug-likeness (QED) is 0.197. The summed E-state index contributed by atoms with van der Waals surface area (Å²) >= 11 is 0. The Hall–Kier alpha value is -3.90. The minimum atomic E-state index is -1.37. The number of methoxy groups -OCH3 is 1. The molecule has 0 aromatic heterocycles. The van der Waals surface area contributed by atoms with Crippen molar-refractivity contribution in [3.05, 3.63) is 54.1 Å². The fourth-order valence-corrected chi connectivity index (χ4v) is 3.73. The molecule has 0 saturated heterocycles. The fraction of sp³-hybridized carbons (Fsp3) is 0.462. The van der Waals surface area contributed by atoms with Gasteiger partial charge in [0.05, 0.1) is 19.2 Å². The summed E-state index contributed by atoms with van der Waals surface area (Å²) in [5.74, 6) is -1.52. The van der Waals surface area contributed by atoms with Gasteiger partial charge < -0.3 is 42.0 Å². The number of rotatable bonds is 12. The Kier molecular flexibility index (Phi) is 11.3. The van der Waals surface area contributed by atoms with Crippen LogP contribution >= 0.6 is 0 Å². The topological polar surface area (TPSA) is 195 Å². The number of aliphatic hydroxyl groups is 1. The van der Waals surface area contributed by atoms with Gasteiger partial charge in [-0.1, -0.05) is 38.1 Å². The number of benzene rings is 1. The first kappa shape index (κ1) is 30.3. The van der Waals surface area contributed by atoms with Gasteiger partial charge in [-0.15, -0.1) is 6.58 Å². The third-order valence-corrected chi connectivity index (χ3v) is 6.07. The molecule has 1 aliphatic carbocycles. The molecule has 1 aromatic carbocycles. The van der Waals surface area contributed by atoms with E-state index in [2.05, 4.69) is 22.5 Å². The lowest BCUT2D eigenvalue weighted by atomic mass is 9.89. The van der Waals surface area contributed by atoms with Crippen LogP contribution in [0.15, 0.2) is 48.6 Å². The molecule has 0 radical (unpaired) electrons. The molecule has 0 heterocycles. The largest absolute Gasteiger partial charge is 0.497 e. The zero-order valence-corrected chi connectivity index (χ0v) is 21.8. The number of ether oxygens (including phenoxy) is 2. The second kappa shape index (κ2) is 14.1. The van der Waals surface area contributed by atoms with E-state index in [1.54, 1.807) is 38.1 Å². The van der Waals surface area contributed by atoms with E-state index in [0.717, 1.165) is 5.56 Å². The number of carbonyl (C=O) groups excluding carboxylic acids is 4. The highest BCUT2D eigenvalue weighted by Crippen LogP contribution is 2.23. The molecule has 12 nitrogen and oxygen atoms in total. The molecule has 0 bridgehead atoms. The Bertz CT molecular complexity index is 1040. The van der Waals surface area contributed by atoms with Gasteiger partial charge in [0, 0.05) is 25.0 Å². The number of hydrogen-bond acceptors (Lipinski definition) is 8. The molecule has 38 heavy (non-hydrogen) atoms. The lowest BCUT2D eigenvalue weighted by Gasteiger charge is -2.34. The summed E-state index contributed by atoms with van der Waals surface area (Å²) in [5.41, 5.74) is 12.3. The molecule has 0 fully saturated rings. The number of nitrogens with one attached hydrogen (secondary N) is 3. The number of primary amides is 1. The molecule has 5 atom stereocenters. The number of hydrogen-bond donors (Lipinski definition) is 6. The van der Waals surface area contributed by atoms with Gasteiger partial charge in [0.25, 0.3) is 0 Å². The Balaban J connectivity index is 2.25. The summed E-state index contributed by atoms with van der Waals surface area (Å²) in [5, 5.41) is 18.5. The van der Waals surface area contributed by atoms with Crippen molar-refractivity contribution in [2.75, 3.05) is 13.7 Å². The van der Waals surface area contributed by atoms with E-state index < -0.39 is 54.1 Å². The maximum Gasteiger partial charge on any atom is 0.407 e. The molecule has 0 spiro atoms. The van der Waals surface area contributed by atoms with Crippen LogP contribution in [0.5, 0.6) is 5.75 Å². The molecule has 5 unspecified atom stereocenters. The Morgan fingerprint density at radius 2 is 1.87 bits per heavy atom. The molecular weight excluding hydrogens is 494 g/mol. The number of amides is 4. The highest BCUT2D eigenvalue weighted by Gasteiger charge is 2.38. The zero-order chi connectivity index (χ0) is 28.4. The first-order valence-electron chi connectivity index (χ1n) is 12.2. The van der Waals surface area contributed by atoms with Gasteiger partial charge in [0.1, 0.15) is 24.0 Å². The molecular formula is C26H37N5O7. The number of alkyl carbamates (subject to hydrolysis) is 1. The van der Waals surface area contributed by atoms with Crippen LogP contribution in [0.2, 0.25) is 0 Å². The molecule has 1 aliphatic rings. The predicted molar refractivity (Wildman–Crippen MR) is 140 cm³/mol. The molecule has 2 rings (SSSR count). The van der Waals surface area contributed by atoms with Crippen molar-refractivity contribution < 1.29 is 33.8 Å². The standard InChI is InChI=1S/C26H37N5O7/c1-5-10-29-26(36)38-20-13-16(12-18(22(20)32)30-25(35)21(27)14(2)3)24(34)31-19(23(28)33)11-15-6-8-17(37-4)9-7-15/h5-9,12,14,18-22,32H,1,10-11,13,27H2,2-4H3,(H2,28,33)(H,29,36)(H,30,35)(H,31,34). The van der Waals surface area contributed by atoms with E-state index in [1.807, 2.05) is 0 Å². The molecule has 1 aromatic rings. The first-order chi connectivity index (χ1) is 18.0. The van der Waals surface area contributed by atoms with Crippen molar-refractivity contribution in [3.63, 3.8) is 0 Å². The Morgan fingerprint density at radius 1 is 1.21 bits per heavy atom. The SMILES string of the molecule is C=CCNC(=O)OC1CC(C(=O)NC(Cc2ccc(OC)cc2)C(N)=O)=CC(NC(=O)C(N)C(C)C)C1O. The summed E-state index contributed by atoms with van der Waals surface area (Å²) in [7, 11) is 1.53. The van der Waals surface area contributed by atoms with Crippen LogP contribution in [0, 0.1) is 5.92 Å². The van der Waals surface area contributed by atoms with Crippen LogP contribution < -0.4 is 32.2 Å². The fourth-order valence-electron chi connectivity index (χ4n) is 3.73. The van der Waals surface area contributed by atoms with Crippen molar-refractivity contribution in [1.29, 1.82) is 0 Å². The van der Waals surface area contributed by atoms with Crippen molar-refractivity contribution >= 4 is 23.8 Å². The first-order valence-corrected chi connectivity index (χ1v) is 12.2. The van der Waals surface area contributed by atoms with Crippen molar-refractivity contribution in [1.82, 2.24) is 16.0 Å². The van der Waals surface area contributed by atoms with Gasteiger partial charge in [-0.3, -0.25) is 14.4 Å². The normalized spacial score (nSPS) is 20.4. The van der Waals surface area contributed by atoms with Gasteiger partial charge in [0.15, 0.2) is 0 Å². The third-order valence-electron chi connectivity index (χ3n) is 6.07. The summed E-state index contributed by atoms with van der Waals surface area (Å²) < 4.78 is 10.4. The molecule has 4 amide bonds. The summed E-state index contributed by atoms with van der Waals surface area (Å²) in [6.45, 7) is 7.15. The number of aliphatic hydroxyl groups excluding tert-OH is 1. The maximum absolute atomic E-state index is 13.2. The monoisotopic (exact) mass is 531 g/mol. The van der Waals surface area contributed by atoms with Gasteiger partial charge in [0.2, 0.25) is 17.7 Å². The Morgan fingerprint density at radius 3 is 2.42 bits per heavy atom. The molecule has 0 aliphatic heterocycles. The molecule has 208 valence electrons. The van der Waals surface area contributed by atoms with Crippen molar-refractivity contribution in [2.45, 2.75) is 57.0 Å². The molecule has 0 saturated carbocycles. The highest BCUT2D eigenvalue weighted by atomic mass is 16.6. The number of carbonyl (C=O) groups is 4. The lowest BCUT2D eigenvalue weighted by molar-refractivity contribution is -0.126. The zero-order valence-electron chi connectivity index (χ0n) is 21.8. The van der Waals surface area contributed by atoms with Crippen molar-refractivity contribution in [2.24, 2.45) is 17.4 Å². The smallest absolute Gasteiger partial charge is 0.407 e.